The summed E-state index contributed by atoms with van der Waals surface area (Å²) in [7, 11) is 0. The minimum absolute atomic E-state index is 0.105. The van der Waals surface area contributed by atoms with Gasteiger partial charge in [-0.15, -0.1) is 0 Å². The maximum atomic E-state index is 2.46. The molecule has 1 fully saturated rings. The van der Waals surface area contributed by atoms with Crippen molar-refractivity contribution in [3.05, 3.63) is 137 Å². The van der Waals surface area contributed by atoms with Crippen LogP contribution in [0.4, 0.5) is 5.69 Å². The summed E-state index contributed by atoms with van der Waals surface area (Å²) >= 11 is 0. The van der Waals surface area contributed by atoms with Crippen LogP contribution in [0.15, 0.2) is 132 Å². The molecule has 0 aliphatic heterocycles. The zero-order valence-electron chi connectivity index (χ0n) is 24.9. The lowest BCUT2D eigenvalue weighted by atomic mass is 9.69. The molecule has 1 aromatic carbocycles. The molecule has 1 aromatic rings. The van der Waals surface area contributed by atoms with Gasteiger partial charge in [0.15, 0.2) is 0 Å². The number of benzene rings is 1. The Morgan fingerprint density at radius 3 is 1.92 bits per heavy atom. The minimum Gasteiger partial charge on any atom is -0.311 e. The Morgan fingerprint density at radius 2 is 1.34 bits per heavy atom. The van der Waals surface area contributed by atoms with Crippen molar-refractivity contribution >= 4 is 5.69 Å². The third-order valence-electron chi connectivity index (χ3n) is 7.23. The van der Waals surface area contributed by atoms with Gasteiger partial charge >= 0.3 is 0 Å². The number of anilines is 1. The Balaban J connectivity index is 2.58. The Kier molecular flexibility index (Phi) is 13.4. The van der Waals surface area contributed by atoms with E-state index < -0.39 is 0 Å². The molecule has 2 rings (SSSR count). The van der Waals surface area contributed by atoms with Gasteiger partial charge in [0, 0.05) is 22.5 Å². The van der Waals surface area contributed by atoms with Gasteiger partial charge in [-0.1, -0.05) is 109 Å². The molecule has 1 saturated carbocycles. The van der Waals surface area contributed by atoms with Crippen LogP contribution in [-0.2, 0) is 5.41 Å². The topological polar surface area (TPSA) is 3.24 Å². The molecule has 1 nitrogen and oxygen atoms in total. The van der Waals surface area contributed by atoms with Crippen molar-refractivity contribution in [2.75, 3.05) is 4.90 Å². The summed E-state index contributed by atoms with van der Waals surface area (Å²) < 4.78 is 0. The van der Waals surface area contributed by atoms with Gasteiger partial charge in [-0.25, -0.2) is 0 Å². The second-order valence-electron chi connectivity index (χ2n) is 10.1. The largest absolute Gasteiger partial charge is 0.311 e. The first kappa shape index (κ1) is 30.9. The summed E-state index contributed by atoms with van der Waals surface area (Å²) in [6.07, 6.45) is 36.9. The first-order valence-electron chi connectivity index (χ1n) is 14.3. The molecule has 0 N–H and O–H groups in total. The molecule has 0 atom stereocenters. The van der Waals surface area contributed by atoms with E-state index in [4.69, 9.17) is 0 Å². The highest BCUT2D eigenvalue weighted by molar-refractivity contribution is 5.64. The first-order valence-corrected chi connectivity index (χ1v) is 14.3. The monoisotopic (exact) mass is 507 g/mol. The van der Waals surface area contributed by atoms with Crippen LogP contribution in [0.1, 0.15) is 86.1 Å². The minimum atomic E-state index is 0.105. The molecular weight excluding hydrogens is 458 g/mol. The van der Waals surface area contributed by atoms with E-state index in [0.717, 1.165) is 17.1 Å². The van der Waals surface area contributed by atoms with E-state index in [-0.39, 0.29) is 5.41 Å². The predicted molar refractivity (Wildman–Crippen MR) is 171 cm³/mol. The fourth-order valence-corrected chi connectivity index (χ4v) is 5.01. The average molecular weight is 508 g/mol. The molecule has 0 saturated heterocycles. The van der Waals surface area contributed by atoms with E-state index >= 15 is 0 Å². The standard InChI is InChI=1S/C37H49N/c1-8-13-21-35(19-10-3)38(34(12-5)25-22-31(6)11-4)36-26-23-33(24-27-36)37(28-15-14-16-29-37)30-17-20-32(7)18-9-2/h8-13,17-27,30H,14-16,28-29H2,1-7H3/b13-8+,18-9-,19-10-,25-22-,30-17+,31-11-,32-20-,34-12+,35-21+. The second-order valence-corrected chi connectivity index (χ2v) is 10.1. The van der Waals surface area contributed by atoms with Crippen LogP contribution in [0.25, 0.3) is 0 Å². The van der Waals surface area contributed by atoms with Gasteiger partial charge < -0.3 is 4.90 Å². The van der Waals surface area contributed by atoms with E-state index in [1.54, 1.807) is 0 Å². The smallest absolute Gasteiger partial charge is 0.0461 e. The molecule has 0 spiro atoms. The van der Waals surface area contributed by atoms with Crippen molar-refractivity contribution in [1.82, 2.24) is 0 Å². The quantitative estimate of drug-likeness (QED) is 0.269. The Bertz CT molecular complexity index is 1130. The van der Waals surface area contributed by atoms with Gasteiger partial charge in [-0.05, 0) is 97.2 Å². The summed E-state index contributed by atoms with van der Waals surface area (Å²) in [6, 6.07) is 9.32. The van der Waals surface area contributed by atoms with Crippen LogP contribution in [-0.4, -0.2) is 0 Å². The summed E-state index contributed by atoms with van der Waals surface area (Å²) in [4.78, 5) is 2.34. The molecule has 0 aromatic heterocycles. The van der Waals surface area contributed by atoms with Crippen molar-refractivity contribution in [2.45, 2.75) is 86.0 Å². The molecule has 0 unspecified atom stereocenters. The third-order valence-corrected chi connectivity index (χ3v) is 7.23. The molecule has 0 heterocycles. The molecule has 1 aliphatic rings. The highest BCUT2D eigenvalue weighted by atomic mass is 15.1. The molecule has 202 valence electrons. The van der Waals surface area contributed by atoms with Crippen LogP contribution in [0.3, 0.4) is 0 Å². The number of nitrogens with zero attached hydrogens (tertiary/aromatic N) is 1. The average Bonchev–Trinajstić information content (AvgIpc) is 2.94. The van der Waals surface area contributed by atoms with E-state index in [2.05, 4.69) is 163 Å². The first-order chi connectivity index (χ1) is 18.4. The van der Waals surface area contributed by atoms with Gasteiger partial charge in [-0.3, -0.25) is 0 Å². The maximum Gasteiger partial charge on any atom is 0.0461 e. The van der Waals surface area contributed by atoms with Crippen LogP contribution < -0.4 is 4.90 Å². The van der Waals surface area contributed by atoms with Crippen molar-refractivity contribution < 1.29 is 0 Å². The molecule has 0 amide bonds. The van der Waals surface area contributed by atoms with Crippen LogP contribution >= 0.6 is 0 Å². The summed E-state index contributed by atoms with van der Waals surface area (Å²) in [6.45, 7) is 14.7. The fraction of sp³-hybridized carbons (Fsp3) is 0.351. The number of hydrogen-bond donors (Lipinski definition) is 0. The maximum absolute atomic E-state index is 2.46. The molecule has 38 heavy (non-hydrogen) atoms. The highest BCUT2D eigenvalue weighted by Crippen LogP contribution is 2.42. The highest BCUT2D eigenvalue weighted by Gasteiger charge is 2.31. The molecule has 1 aliphatic carbocycles. The normalized spacial score (nSPS) is 18.2. The van der Waals surface area contributed by atoms with E-state index in [0.29, 0.717) is 0 Å². The summed E-state index contributed by atoms with van der Waals surface area (Å²) in [5.74, 6) is 0. The Morgan fingerprint density at radius 1 is 0.658 bits per heavy atom. The SMILES string of the molecule is C\C=C/C(C)=C\C=C\C1(c2ccc(N(C(/C=C\C(C)=C/C)=C/C)C(/C=C\C)=C/C=C/C)cc2)CCCCC1. The summed E-state index contributed by atoms with van der Waals surface area (Å²) in [5, 5.41) is 0. The van der Waals surface area contributed by atoms with E-state index in [9.17, 15) is 0 Å². The lowest BCUT2D eigenvalue weighted by Crippen LogP contribution is -2.27. The van der Waals surface area contributed by atoms with Crippen LogP contribution in [0.5, 0.6) is 0 Å². The van der Waals surface area contributed by atoms with Gasteiger partial charge in [0.25, 0.3) is 0 Å². The van der Waals surface area contributed by atoms with Gasteiger partial charge in [0.05, 0.1) is 0 Å². The Hall–Kier alpha value is -3.32. The lowest BCUT2D eigenvalue weighted by Gasteiger charge is -2.36. The van der Waals surface area contributed by atoms with Crippen molar-refractivity contribution in [2.24, 2.45) is 0 Å². The second kappa shape index (κ2) is 16.5. The number of allylic oxidation sites excluding steroid dienone is 16. The zero-order chi connectivity index (χ0) is 27.8. The third kappa shape index (κ3) is 8.91. The molecule has 1 heteroatoms. The zero-order valence-corrected chi connectivity index (χ0v) is 24.9. The van der Waals surface area contributed by atoms with Gasteiger partial charge in [0.2, 0.25) is 0 Å². The van der Waals surface area contributed by atoms with E-state index in [1.807, 2.05) is 0 Å². The van der Waals surface area contributed by atoms with Gasteiger partial charge in [-0.2, -0.15) is 0 Å². The van der Waals surface area contributed by atoms with Crippen LogP contribution in [0, 0.1) is 0 Å². The van der Waals surface area contributed by atoms with E-state index in [1.165, 1.54) is 48.8 Å². The lowest BCUT2D eigenvalue weighted by molar-refractivity contribution is 0.357. The predicted octanol–water partition coefficient (Wildman–Crippen LogP) is 11.2. The number of rotatable bonds is 11. The van der Waals surface area contributed by atoms with Gasteiger partial charge in [0.1, 0.15) is 0 Å². The molecule has 0 bridgehead atoms. The number of hydrogen-bond acceptors (Lipinski definition) is 1. The molecular formula is C37H49N. The van der Waals surface area contributed by atoms with Crippen molar-refractivity contribution in [3.8, 4) is 0 Å². The fourth-order valence-electron chi connectivity index (χ4n) is 5.01. The Labute approximate surface area is 233 Å². The van der Waals surface area contributed by atoms with Crippen LogP contribution in [0.2, 0.25) is 0 Å². The van der Waals surface area contributed by atoms with Crippen molar-refractivity contribution in [3.63, 3.8) is 0 Å². The van der Waals surface area contributed by atoms with Crippen molar-refractivity contribution in [1.29, 1.82) is 0 Å². The summed E-state index contributed by atoms with van der Waals surface area (Å²) in [5.41, 5.74) is 7.49. The molecule has 0 radical (unpaired) electrons.